The molecule has 0 bridgehead atoms. The van der Waals surface area contributed by atoms with E-state index in [9.17, 15) is 8.42 Å². The summed E-state index contributed by atoms with van der Waals surface area (Å²) in [6.07, 6.45) is 0.533. The van der Waals surface area contributed by atoms with Crippen molar-refractivity contribution in [3.63, 3.8) is 0 Å². The molecule has 5 heteroatoms. The Kier molecular flexibility index (Phi) is 6.33. The van der Waals surface area contributed by atoms with Crippen LogP contribution >= 0.6 is 12.4 Å². The van der Waals surface area contributed by atoms with Gasteiger partial charge in [-0.25, -0.2) is 8.42 Å². The highest BCUT2D eigenvalue weighted by Crippen LogP contribution is 2.10. The topological polar surface area (TPSA) is 60.2 Å². The van der Waals surface area contributed by atoms with Crippen molar-refractivity contribution in [2.45, 2.75) is 25.0 Å². The zero-order valence-electron chi connectivity index (χ0n) is 6.16. The highest BCUT2D eigenvalue weighted by atomic mass is 35.5. The summed E-state index contributed by atoms with van der Waals surface area (Å²) in [5.41, 5.74) is 5.19. The molecule has 0 saturated carbocycles. The summed E-state index contributed by atoms with van der Waals surface area (Å²) < 4.78 is 20.2. The van der Waals surface area contributed by atoms with Gasteiger partial charge in [-0.05, 0) is 26.8 Å². The van der Waals surface area contributed by atoms with E-state index in [1.54, 1.807) is 13.8 Å². The first-order valence-corrected chi connectivity index (χ1v) is 4.03. The molecule has 2 N–H and O–H groups in total. The second kappa shape index (κ2) is 4.93. The first kappa shape index (κ1) is 12.8. The fraction of sp³-hybridized carbons (Fsp3) is 1.00. The first-order valence-electron chi connectivity index (χ1n) is 2.85. The van der Waals surface area contributed by atoms with Crippen molar-refractivity contribution in [1.29, 1.82) is 0 Å². The molecule has 64 valence electrons. The molecule has 0 saturated heterocycles. The lowest BCUT2D eigenvalue weighted by Gasteiger charge is -2.14. The number of rotatable bonds is 3. The minimum absolute atomic E-state index is 0. The largest absolute Gasteiger partial charge is 0.330 e. The maximum absolute atomic E-state index is 10.4. The fourth-order valence-electron chi connectivity index (χ4n) is 0.445. The number of nitrogens with two attached hydrogens (primary N) is 1. The van der Waals surface area contributed by atoms with Gasteiger partial charge in [0.1, 0.15) is 10.7 Å². The highest BCUT2D eigenvalue weighted by Gasteiger charge is 2.19. The van der Waals surface area contributed by atoms with Crippen LogP contribution in [0.5, 0.6) is 0 Å². The van der Waals surface area contributed by atoms with E-state index in [1.807, 2.05) is 0 Å². The molecule has 0 heterocycles. The van der Waals surface area contributed by atoms with Crippen LogP contribution < -0.4 is 5.73 Å². The Morgan fingerprint density at radius 2 is 1.80 bits per heavy atom. The van der Waals surface area contributed by atoms with Gasteiger partial charge in [-0.3, -0.25) is 0 Å². The zero-order chi connectivity index (χ0) is 7.49. The lowest BCUT2D eigenvalue weighted by Crippen LogP contribution is -2.25. The molecule has 0 unspecified atom stereocenters. The molecule has 0 aliphatic heterocycles. The Hall–Kier alpha value is 0.200. The van der Waals surface area contributed by atoms with Crippen LogP contribution in [-0.2, 0) is 10.7 Å². The van der Waals surface area contributed by atoms with E-state index in [1.165, 1.54) is 0 Å². The average Bonchev–Trinajstić information content (AvgIpc) is 1.65. The molecule has 0 spiro atoms. The Balaban J connectivity index is 0. The van der Waals surface area contributed by atoms with Gasteiger partial charge in [0.2, 0.25) is 0 Å². The van der Waals surface area contributed by atoms with Crippen LogP contribution in [0, 0.1) is 0 Å². The smallest absolute Gasteiger partial charge is 0.145 e. The van der Waals surface area contributed by atoms with E-state index < -0.39 is 15.5 Å². The van der Waals surface area contributed by atoms with Crippen molar-refractivity contribution in [1.82, 2.24) is 0 Å². The van der Waals surface area contributed by atoms with E-state index in [-0.39, 0.29) is 12.4 Å². The third kappa shape index (κ3) is 4.09. The molecule has 0 aromatic heterocycles. The van der Waals surface area contributed by atoms with Gasteiger partial charge in [0.05, 0.1) is 4.75 Å². The number of hydrogen-bond acceptors (Lipinski definition) is 3. The standard InChI is InChI=1S/C5H13NO2S.ClH/c1-5(2,3-4-6)9(7)8;/h9H,3-4,6H2,1-2H3;1H. The van der Waals surface area contributed by atoms with Crippen LogP contribution in [-0.4, -0.2) is 19.7 Å². The molecule has 0 aliphatic carbocycles. The summed E-state index contributed by atoms with van der Waals surface area (Å²) in [4.78, 5) is 0. The van der Waals surface area contributed by atoms with Crippen molar-refractivity contribution in [2.24, 2.45) is 5.73 Å². The van der Waals surface area contributed by atoms with Crippen LogP contribution in [0.25, 0.3) is 0 Å². The lowest BCUT2D eigenvalue weighted by atomic mass is 10.1. The predicted molar refractivity (Wildman–Crippen MR) is 45.3 cm³/mol. The Morgan fingerprint density at radius 3 is 1.90 bits per heavy atom. The minimum atomic E-state index is -2.33. The van der Waals surface area contributed by atoms with Gasteiger partial charge in [-0.15, -0.1) is 12.4 Å². The number of hydrogen-bond donors (Lipinski definition) is 2. The summed E-state index contributed by atoms with van der Waals surface area (Å²) in [5, 5.41) is 0. The van der Waals surface area contributed by atoms with Gasteiger partial charge in [-0.1, -0.05) is 0 Å². The quantitative estimate of drug-likeness (QED) is 0.619. The predicted octanol–water partition coefficient (Wildman–Crippen LogP) is 0.147. The third-order valence-corrected chi connectivity index (χ3v) is 2.46. The maximum atomic E-state index is 10.4. The second-order valence-corrected chi connectivity index (χ2v) is 4.33. The van der Waals surface area contributed by atoms with E-state index >= 15 is 0 Å². The van der Waals surface area contributed by atoms with Crippen molar-refractivity contribution < 1.29 is 8.42 Å². The van der Waals surface area contributed by atoms with Crippen molar-refractivity contribution in [3.05, 3.63) is 0 Å². The van der Waals surface area contributed by atoms with Gasteiger partial charge < -0.3 is 5.73 Å². The SMILES string of the molecule is CC(C)(CCN)[SH](=O)=O.Cl. The Morgan fingerprint density at radius 1 is 1.40 bits per heavy atom. The van der Waals surface area contributed by atoms with E-state index in [2.05, 4.69) is 0 Å². The van der Waals surface area contributed by atoms with Crippen LogP contribution in [0.4, 0.5) is 0 Å². The molecular formula is C5H14ClNO2S. The molecule has 0 aliphatic rings. The van der Waals surface area contributed by atoms with Gasteiger partial charge in [0.15, 0.2) is 0 Å². The van der Waals surface area contributed by atoms with Crippen molar-refractivity contribution in [2.75, 3.05) is 6.54 Å². The van der Waals surface area contributed by atoms with Crippen LogP contribution in [0.2, 0.25) is 0 Å². The summed E-state index contributed by atoms with van der Waals surface area (Å²) >= 11 is 0. The van der Waals surface area contributed by atoms with Crippen molar-refractivity contribution >= 4 is 23.1 Å². The molecule has 10 heavy (non-hydrogen) atoms. The van der Waals surface area contributed by atoms with E-state index in [4.69, 9.17) is 5.73 Å². The van der Waals surface area contributed by atoms with Crippen LogP contribution in [0.1, 0.15) is 20.3 Å². The summed E-state index contributed by atoms with van der Waals surface area (Å²) in [5.74, 6) is 0. The molecular weight excluding hydrogens is 174 g/mol. The van der Waals surface area contributed by atoms with Gasteiger partial charge >= 0.3 is 0 Å². The van der Waals surface area contributed by atoms with Gasteiger partial charge in [0, 0.05) is 0 Å². The Bertz CT molecular complexity index is 148. The normalized spacial score (nSPS) is 11.2. The van der Waals surface area contributed by atoms with E-state index in [0.29, 0.717) is 13.0 Å². The van der Waals surface area contributed by atoms with Gasteiger partial charge in [-0.2, -0.15) is 0 Å². The molecule has 0 aromatic rings. The monoisotopic (exact) mass is 187 g/mol. The highest BCUT2D eigenvalue weighted by molar-refractivity contribution is 7.74. The Labute approximate surface area is 69.3 Å². The molecule has 0 fully saturated rings. The van der Waals surface area contributed by atoms with Crippen molar-refractivity contribution in [3.8, 4) is 0 Å². The number of halogens is 1. The molecule has 3 nitrogen and oxygen atoms in total. The minimum Gasteiger partial charge on any atom is -0.330 e. The molecule has 0 amide bonds. The average molecular weight is 188 g/mol. The summed E-state index contributed by atoms with van der Waals surface area (Å²) in [7, 11) is -2.33. The third-order valence-electron chi connectivity index (χ3n) is 1.25. The fourth-order valence-corrected chi connectivity index (χ4v) is 0.756. The van der Waals surface area contributed by atoms with Gasteiger partial charge in [0.25, 0.3) is 0 Å². The summed E-state index contributed by atoms with van der Waals surface area (Å²) in [6.45, 7) is 3.77. The summed E-state index contributed by atoms with van der Waals surface area (Å²) in [6, 6.07) is 0. The zero-order valence-corrected chi connectivity index (χ0v) is 7.87. The second-order valence-electron chi connectivity index (χ2n) is 2.61. The molecule has 0 atom stereocenters. The van der Waals surface area contributed by atoms with Crippen LogP contribution in [0.15, 0.2) is 0 Å². The van der Waals surface area contributed by atoms with E-state index in [0.717, 1.165) is 0 Å². The molecule has 0 radical (unpaired) electrons. The number of thiol groups is 1. The molecule has 0 rings (SSSR count). The maximum Gasteiger partial charge on any atom is 0.145 e. The lowest BCUT2D eigenvalue weighted by molar-refractivity contribution is 0.550. The molecule has 0 aromatic carbocycles. The van der Waals surface area contributed by atoms with Crippen LogP contribution in [0.3, 0.4) is 0 Å². The first-order chi connectivity index (χ1) is 4.00.